The third-order valence-corrected chi connectivity index (χ3v) is 0.638. The van der Waals surface area contributed by atoms with Gasteiger partial charge in [0.2, 0.25) is 0 Å². The van der Waals surface area contributed by atoms with Gasteiger partial charge in [-0.1, -0.05) is 5.10 Å². The van der Waals surface area contributed by atoms with Crippen LogP contribution in [0.4, 0.5) is 0 Å². The Hall–Kier alpha value is -1.92. The lowest BCUT2D eigenvalue weighted by molar-refractivity contribution is 0.292. The highest BCUT2D eigenvalue weighted by Gasteiger charge is 1.62. The van der Waals surface area contributed by atoms with Gasteiger partial charge in [-0.2, -0.15) is 0 Å². The Kier molecular flexibility index (Phi) is 3.21. The molecule has 0 aliphatic rings. The lowest BCUT2D eigenvalue weighted by Crippen LogP contribution is -1.78. The van der Waals surface area contributed by atoms with Crippen molar-refractivity contribution < 1.29 is 4.63 Å². The zero-order valence-corrected chi connectivity index (χ0v) is 5.40. The van der Waals surface area contributed by atoms with Crippen molar-refractivity contribution in [2.45, 2.75) is 0 Å². The van der Waals surface area contributed by atoms with Crippen LogP contribution in [-0.2, 0) is 0 Å². The number of aromatic nitrogens is 6. The van der Waals surface area contributed by atoms with Gasteiger partial charge in [0, 0.05) is 0 Å². The Balaban J connectivity index is 0.000000112. The third kappa shape index (κ3) is 3.62. The second-order valence-corrected chi connectivity index (χ2v) is 1.31. The van der Waals surface area contributed by atoms with Gasteiger partial charge in [0.25, 0.3) is 0 Å². The predicted molar refractivity (Wildman–Crippen MR) is 31.9 cm³/mol. The molecule has 7 heteroatoms. The quantitative estimate of drug-likeness (QED) is 0.494. The molecule has 0 spiro atoms. The van der Waals surface area contributed by atoms with Gasteiger partial charge < -0.3 is 0 Å². The van der Waals surface area contributed by atoms with E-state index in [1.165, 1.54) is 6.33 Å². The first-order chi connectivity index (χ1) is 5.50. The average molecular weight is 152 g/mol. The maximum Gasteiger partial charge on any atom is 0.183 e. The highest BCUT2D eigenvalue weighted by Crippen LogP contribution is 1.61. The molecule has 0 fully saturated rings. The summed E-state index contributed by atoms with van der Waals surface area (Å²) in [5.74, 6) is 0. The number of nitrogens with zero attached hydrogens (tertiary/aromatic N) is 6. The van der Waals surface area contributed by atoms with Crippen molar-refractivity contribution in [1.29, 1.82) is 0 Å². The van der Waals surface area contributed by atoms with E-state index in [9.17, 15) is 0 Å². The largest absolute Gasteiger partial charge is 0.222 e. The summed E-state index contributed by atoms with van der Waals surface area (Å²) in [5.41, 5.74) is 0. The predicted octanol–water partition coefficient (Wildman–Crippen LogP) is -0.664. The lowest BCUT2D eigenvalue weighted by atomic mass is 10.7. The molecule has 2 rings (SSSR count). The fourth-order valence-electron chi connectivity index (χ4n) is 0.310. The van der Waals surface area contributed by atoms with Crippen LogP contribution in [0, 0.1) is 0 Å². The molecule has 11 heavy (non-hydrogen) atoms. The molecule has 0 aliphatic heterocycles. The van der Waals surface area contributed by atoms with Crippen molar-refractivity contribution in [3.8, 4) is 0 Å². The van der Waals surface area contributed by atoms with E-state index >= 15 is 0 Å². The van der Waals surface area contributed by atoms with Gasteiger partial charge in [0.05, 0.1) is 17.7 Å². The van der Waals surface area contributed by atoms with Crippen LogP contribution >= 0.6 is 0 Å². The van der Waals surface area contributed by atoms with E-state index in [-0.39, 0.29) is 0 Å². The highest BCUT2D eigenvalue weighted by molar-refractivity contribution is 4.69. The zero-order chi connectivity index (χ0) is 7.78. The fraction of sp³-hybridized carbons (Fsp3) is 0. The summed E-state index contributed by atoms with van der Waals surface area (Å²) in [6.07, 6.45) is 4.38. The molecular weight excluding hydrogens is 148 g/mol. The van der Waals surface area contributed by atoms with Crippen molar-refractivity contribution in [2.24, 2.45) is 0 Å². The van der Waals surface area contributed by atoms with Crippen LogP contribution in [0.25, 0.3) is 0 Å². The first-order valence-electron chi connectivity index (χ1n) is 2.66. The van der Waals surface area contributed by atoms with Crippen molar-refractivity contribution >= 4 is 0 Å². The van der Waals surface area contributed by atoms with Gasteiger partial charge in [-0.3, -0.25) is 0 Å². The van der Waals surface area contributed by atoms with Crippen LogP contribution in [0.15, 0.2) is 29.4 Å². The zero-order valence-electron chi connectivity index (χ0n) is 5.40. The normalized spacial score (nSPS) is 8.00. The van der Waals surface area contributed by atoms with E-state index in [0.717, 1.165) is 0 Å². The maximum absolute atomic E-state index is 3.97. The third-order valence-electron chi connectivity index (χ3n) is 0.638. The molecule has 0 radical (unpaired) electrons. The molecule has 0 bridgehead atoms. The minimum Gasteiger partial charge on any atom is -0.222 e. The SMILES string of the molecule is c1cnnnc1.c1nnon1. The van der Waals surface area contributed by atoms with Crippen LogP contribution in [0.3, 0.4) is 0 Å². The Bertz CT molecular complexity index is 200. The van der Waals surface area contributed by atoms with Crippen LogP contribution in [-0.4, -0.2) is 30.9 Å². The maximum atomic E-state index is 3.97. The van der Waals surface area contributed by atoms with Crippen LogP contribution < -0.4 is 0 Å². The number of rotatable bonds is 0. The molecule has 0 saturated heterocycles. The van der Waals surface area contributed by atoms with E-state index in [0.29, 0.717) is 0 Å². The van der Waals surface area contributed by atoms with E-state index in [1.54, 1.807) is 18.5 Å². The summed E-state index contributed by atoms with van der Waals surface area (Å²) < 4.78 is 3.97. The average Bonchev–Trinajstić information content (AvgIpc) is 2.64. The molecule has 0 saturated carbocycles. The second-order valence-electron chi connectivity index (χ2n) is 1.31. The molecule has 0 aromatic carbocycles. The molecule has 2 aromatic heterocycles. The topological polar surface area (TPSA) is 90.5 Å². The highest BCUT2D eigenvalue weighted by atomic mass is 16.6. The minimum atomic E-state index is 1.22. The monoisotopic (exact) mass is 152 g/mol. The van der Waals surface area contributed by atoms with Crippen LogP contribution in [0.2, 0.25) is 0 Å². The van der Waals surface area contributed by atoms with Gasteiger partial charge in [-0.05, 0) is 16.4 Å². The summed E-state index contributed by atoms with van der Waals surface area (Å²) >= 11 is 0. The summed E-state index contributed by atoms with van der Waals surface area (Å²) in [4.78, 5) is 0. The summed E-state index contributed by atoms with van der Waals surface area (Å²) in [6, 6.07) is 1.72. The van der Waals surface area contributed by atoms with E-state index in [1.807, 2.05) is 0 Å². The first-order valence-corrected chi connectivity index (χ1v) is 2.66. The van der Waals surface area contributed by atoms with E-state index in [4.69, 9.17) is 0 Å². The van der Waals surface area contributed by atoms with Crippen LogP contribution in [0.1, 0.15) is 0 Å². The Morgan fingerprint density at radius 2 is 1.82 bits per heavy atom. The minimum absolute atomic E-state index is 1.22. The standard InChI is InChI=1S/C3H3N3.CHN3O/c1-2-4-6-5-3-1;1-2-4-5-3-1/h1-3H;1H. The van der Waals surface area contributed by atoms with Crippen molar-refractivity contribution in [3.63, 3.8) is 0 Å². The second kappa shape index (κ2) is 4.91. The molecule has 0 aliphatic carbocycles. The summed E-state index contributed by atoms with van der Waals surface area (Å²) in [7, 11) is 0. The lowest BCUT2D eigenvalue weighted by Gasteiger charge is -1.68. The summed E-state index contributed by atoms with van der Waals surface area (Å²) in [5, 5.41) is 19.4. The van der Waals surface area contributed by atoms with Crippen molar-refractivity contribution in [3.05, 3.63) is 24.8 Å². The van der Waals surface area contributed by atoms with Gasteiger partial charge in [0.15, 0.2) is 6.33 Å². The Morgan fingerprint density at radius 3 is 2.00 bits per heavy atom. The van der Waals surface area contributed by atoms with Gasteiger partial charge in [-0.15, -0.1) is 10.2 Å². The van der Waals surface area contributed by atoms with E-state index < -0.39 is 0 Å². The number of hydrogen-bond donors (Lipinski definition) is 0. The van der Waals surface area contributed by atoms with E-state index in [2.05, 4.69) is 35.6 Å². The Labute approximate surface area is 61.4 Å². The van der Waals surface area contributed by atoms with Gasteiger partial charge in [0.1, 0.15) is 0 Å². The molecule has 56 valence electrons. The molecule has 7 nitrogen and oxygen atoms in total. The molecule has 2 heterocycles. The van der Waals surface area contributed by atoms with Gasteiger partial charge >= 0.3 is 0 Å². The summed E-state index contributed by atoms with van der Waals surface area (Å²) in [6.45, 7) is 0. The fourth-order valence-corrected chi connectivity index (χ4v) is 0.310. The van der Waals surface area contributed by atoms with Gasteiger partial charge in [-0.25, -0.2) is 4.63 Å². The van der Waals surface area contributed by atoms with Crippen molar-refractivity contribution in [2.75, 3.05) is 0 Å². The smallest absolute Gasteiger partial charge is 0.183 e. The molecule has 0 N–H and O–H groups in total. The Morgan fingerprint density at radius 1 is 1.00 bits per heavy atom. The number of hydrogen-bond acceptors (Lipinski definition) is 7. The molecule has 0 unspecified atom stereocenters. The first kappa shape index (κ1) is 7.19. The molecule has 0 atom stereocenters. The molecule has 0 amide bonds. The van der Waals surface area contributed by atoms with Crippen LogP contribution in [0.5, 0.6) is 0 Å². The molecule has 2 aromatic rings. The molecular formula is C4H4N6O. The van der Waals surface area contributed by atoms with Crippen molar-refractivity contribution in [1.82, 2.24) is 30.9 Å².